The molecular weight excluding hydrogens is 792 g/mol. The number of phosphoric ester groups is 1. The van der Waals surface area contributed by atoms with E-state index in [-0.39, 0.29) is 19.1 Å². The average Bonchev–Trinajstić information content (AvgIpc) is 3.23. The van der Waals surface area contributed by atoms with Gasteiger partial charge >= 0.3 is 7.82 Å². The first-order chi connectivity index (χ1) is 30.0. The molecule has 0 heterocycles. The molecule has 0 fully saturated rings. The van der Waals surface area contributed by atoms with E-state index in [1.807, 2.05) is 40.2 Å². The molecule has 0 saturated heterocycles. The van der Waals surface area contributed by atoms with Crippen LogP contribution in [0.25, 0.3) is 0 Å². The van der Waals surface area contributed by atoms with Gasteiger partial charge in [0.1, 0.15) is 13.2 Å². The first kappa shape index (κ1) is 59.4. The number of hydrogen-bond acceptors (Lipinski definition) is 5. The fourth-order valence-electron chi connectivity index (χ4n) is 6.52. The molecule has 0 rings (SSSR count). The van der Waals surface area contributed by atoms with Crippen molar-refractivity contribution in [2.45, 2.75) is 193 Å². The van der Waals surface area contributed by atoms with Crippen LogP contribution in [0.3, 0.4) is 0 Å². The van der Waals surface area contributed by atoms with Gasteiger partial charge in [-0.2, -0.15) is 0 Å². The van der Waals surface area contributed by atoms with Gasteiger partial charge < -0.3 is 19.8 Å². The van der Waals surface area contributed by atoms with Crippen molar-refractivity contribution in [3.05, 3.63) is 97.2 Å². The van der Waals surface area contributed by atoms with Crippen LogP contribution in [0.5, 0.6) is 0 Å². The summed E-state index contributed by atoms with van der Waals surface area (Å²) in [5.74, 6) is -0.199. The van der Waals surface area contributed by atoms with E-state index in [1.54, 1.807) is 6.08 Å². The number of nitrogens with one attached hydrogen (secondary N) is 1. The number of hydrogen-bond donors (Lipinski definition) is 3. The predicted octanol–water partition coefficient (Wildman–Crippen LogP) is 14.3. The molecule has 0 aliphatic rings. The third-order valence-electron chi connectivity index (χ3n) is 10.4. The molecule has 0 aromatic rings. The Morgan fingerprint density at radius 3 is 1.48 bits per heavy atom. The SMILES string of the molecule is C/C=C/CC/C=C/CC/C=C/C(O)C(COP(=O)(O)OCC[N+](C)(C)C)NC(=O)CCCCCCCCCCCCCCCCC/C=C\C/C=C\C/C=C\C/C=C\C/C=C\CC. The molecular formula is C53H94N2O6P+. The molecule has 3 unspecified atom stereocenters. The lowest BCUT2D eigenvalue weighted by Gasteiger charge is -2.25. The number of carbonyl (C=O) groups excluding carboxylic acids is 1. The number of likely N-dealkylation sites (N-methyl/N-ethyl adjacent to an activating group) is 1. The van der Waals surface area contributed by atoms with Gasteiger partial charge in [-0.3, -0.25) is 13.8 Å². The van der Waals surface area contributed by atoms with E-state index in [9.17, 15) is 19.4 Å². The molecule has 356 valence electrons. The summed E-state index contributed by atoms with van der Waals surface area (Å²) in [6.07, 6.45) is 62.5. The van der Waals surface area contributed by atoms with Crippen LogP contribution in [0.2, 0.25) is 0 Å². The summed E-state index contributed by atoms with van der Waals surface area (Å²) in [5.41, 5.74) is 0. The fourth-order valence-corrected chi connectivity index (χ4v) is 7.25. The van der Waals surface area contributed by atoms with Gasteiger partial charge in [0, 0.05) is 6.42 Å². The van der Waals surface area contributed by atoms with Crippen LogP contribution in [-0.4, -0.2) is 73.4 Å². The molecule has 0 aromatic carbocycles. The van der Waals surface area contributed by atoms with Crippen molar-refractivity contribution < 1.29 is 32.9 Å². The quantitative estimate of drug-likeness (QED) is 0.0244. The maximum atomic E-state index is 12.9. The molecule has 8 nitrogen and oxygen atoms in total. The Bertz CT molecular complexity index is 1330. The topological polar surface area (TPSA) is 105 Å². The number of amides is 1. The summed E-state index contributed by atoms with van der Waals surface area (Å²) < 4.78 is 23.5. The summed E-state index contributed by atoms with van der Waals surface area (Å²) >= 11 is 0. The zero-order valence-corrected chi connectivity index (χ0v) is 41.2. The number of unbranched alkanes of at least 4 members (excludes halogenated alkanes) is 17. The van der Waals surface area contributed by atoms with E-state index < -0.39 is 20.0 Å². The molecule has 0 aliphatic carbocycles. The number of phosphoric acid groups is 1. The summed E-state index contributed by atoms with van der Waals surface area (Å²) in [6, 6.07) is -0.872. The zero-order chi connectivity index (χ0) is 45.7. The second-order valence-corrected chi connectivity index (χ2v) is 18.9. The number of carbonyl (C=O) groups is 1. The molecule has 3 N–H and O–H groups in total. The van der Waals surface area contributed by atoms with Crippen molar-refractivity contribution in [2.24, 2.45) is 0 Å². The Labute approximate surface area is 381 Å². The number of aliphatic hydroxyl groups excluding tert-OH is 1. The summed E-state index contributed by atoms with van der Waals surface area (Å²) in [7, 11) is 1.53. The molecule has 9 heteroatoms. The van der Waals surface area contributed by atoms with E-state index in [0.29, 0.717) is 17.4 Å². The minimum absolute atomic E-state index is 0.0493. The Hall–Kier alpha value is -2.58. The number of nitrogens with zero attached hydrogens (tertiary/aromatic N) is 1. The average molecular weight is 886 g/mol. The fraction of sp³-hybridized carbons (Fsp3) is 0.679. The van der Waals surface area contributed by atoms with Crippen molar-refractivity contribution in [2.75, 3.05) is 40.9 Å². The van der Waals surface area contributed by atoms with Crippen molar-refractivity contribution in [1.29, 1.82) is 0 Å². The molecule has 0 aromatic heterocycles. The Morgan fingerprint density at radius 1 is 0.581 bits per heavy atom. The maximum Gasteiger partial charge on any atom is 0.472 e. The van der Waals surface area contributed by atoms with Gasteiger partial charge in [0.15, 0.2) is 0 Å². The second-order valence-electron chi connectivity index (χ2n) is 17.4. The molecule has 0 radical (unpaired) electrons. The normalized spacial score (nSPS) is 15.0. The molecule has 0 saturated carbocycles. The van der Waals surface area contributed by atoms with Gasteiger partial charge in [0.2, 0.25) is 5.91 Å². The lowest BCUT2D eigenvalue weighted by molar-refractivity contribution is -0.870. The molecule has 3 atom stereocenters. The van der Waals surface area contributed by atoms with Gasteiger partial charge in [-0.15, -0.1) is 0 Å². The van der Waals surface area contributed by atoms with Crippen LogP contribution < -0.4 is 5.32 Å². The Morgan fingerprint density at radius 2 is 1.00 bits per heavy atom. The van der Waals surface area contributed by atoms with Crippen molar-refractivity contribution >= 4 is 13.7 Å². The van der Waals surface area contributed by atoms with E-state index in [2.05, 4.69) is 91.2 Å². The highest BCUT2D eigenvalue weighted by Crippen LogP contribution is 2.43. The second kappa shape index (κ2) is 43.7. The molecule has 0 spiro atoms. The highest BCUT2D eigenvalue weighted by Gasteiger charge is 2.27. The van der Waals surface area contributed by atoms with Gasteiger partial charge in [0.25, 0.3) is 0 Å². The minimum atomic E-state index is -4.35. The third-order valence-corrected chi connectivity index (χ3v) is 11.3. The monoisotopic (exact) mass is 886 g/mol. The molecule has 62 heavy (non-hydrogen) atoms. The summed E-state index contributed by atoms with van der Waals surface area (Å²) in [6.45, 7) is 4.42. The lowest BCUT2D eigenvalue weighted by atomic mass is 10.0. The minimum Gasteiger partial charge on any atom is -0.387 e. The first-order valence-electron chi connectivity index (χ1n) is 24.6. The van der Waals surface area contributed by atoms with Gasteiger partial charge in [-0.1, -0.05) is 188 Å². The lowest BCUT2D eigenvalue weighted by Crippen LogP contribution is -2.45. The smallest absolute Gasteiger partial charge is 0.387 e. The third kappa shape index (κ3) is 45.4. The molecule has 0 bridgehead atoms. The van der Waals surface area contributed by atoms with E-state index >= 15 is 0 Å². The van der Waals surface area contributed by atoms with E-state index in [1.165, 1.54) is 83.5 Å². The van der Waals surface area contributed by atoms with Crippen molar-refractivity contribution in [1.82, 2.24) is 5.32 Å². The van der Waals surface area contributed by atoms with Crippen molar-refractivity contribution in [3.63, 3.8) is 0 Å². The first-order valence-corrected chi connectivity index (χ1v) is 26.1. The van der Waals surface area contributed by atoms with Crippen LogP contribution in [0.15, 0.2) is 97.2 Å². The van der Waals surface area contributed by atoms with E-state index in [0.717, 1.165) is 77.0 Å². The van der Waals surface area contributed by atoms with Crippen molar-refractivity contribution in [3.8, 4) is 0 Å². The number of allylic oxidation sites excluding steroid dienone is 15. The highest BCUT2D eigenvalue weighted by molar-refractivity contribution is 7.47. The van der Waals surface area contributed by atoms with E-state index in [4.69, 9.17) is 9.05 Å². The van der Waals surface area contributed by atoms with Crippen LogP contribution >= 0.6 is 7.82 Å². The summed E-state index contributed by atoms with van der Waals surface area (Å²) in [5, 5.41) is 13.7. The Kier molecular flexibility index (Phi) is 41.8. The van der Waals surface area contributed by atoms with Gasteiger partial charge in [-0.25, -0.2) is 4.57 Å². The van der Waals surface area contributed by atoms with Gasteiger partial charge in [0.05, 0.1) is 39.9 Å². The predicted molar refractivity (Wildman–Crippen MR) is 267 cm³/mol. The van der Waals surface area contributed by atoms with Crippen LogP contribution in [0.1, 0.15) is 181 Å². The summed E-state index contributed by atoms with van der Waals surface area (Å²) in [4.78, 5) is 23.1. The molecule has 1 amide bonds. The van der Waals surface area contributed by atoms with Crippen LogP contribution in [-0.2, 0) is 18.4 Å². The van der Waals surface area contributed by atoms with Gasteiger partial charge in [-0.05, 0) is 84.0 Å². The Balaban J connectivity index is 4.06. The molecule has 0 aliphatic heterocycles. The number of aliphatic hydroxyl groups is 1. The largest absolute Gasteiger partial charge is 0.472 e. The number of rotatable bonds is 43. The highest BCUT2D eigenvalue weighted by atomic mass is 31.2. The zero-order valence-electron chi connectivity index (χ0n) is 40.3. The number of quaternary nitrogens is 1. The van der Waals surface area contributed by atoms with Crippen LogP contribution in [0, 0.1) is 0 Å². The maximum absolute atomic E-state index is 12.9. The van der Waals surface area contributed by atoms with Crippen LogP contribution in [0.4, 0.5) is 0 Å². The standard InChI is InChI=1S/C53H93N2O6P/c1-6-8-10-12-14-16-17-18-19-20-21-22-23-24-25-26-27-28-29-30-31-32-33-34-35-36-37-39-41-43-45-47-53(57)54-51(50-61-62(58,59)60-49-48-55(3,4)5)52(56)46-44-42-40-38-15-13-11-9-7-2/h7-10,14-16,18-19,21-22,24-25,38,44,46,51-52,56H,6,11-13,17,20,23,26-37,39-43,45,47-50H2,1-5H3,(H-,54,57,58,59)/p+1/b9-7+,10-8-,16-14-,19-18-,22-21-,25-24-,38-15+,46-44+.